The molecule has 2 atom stereocenters. The van der Waals surface area contributed by atoms with Crippen LogP contribution in [0.5, 0.6) is 5.75 Å². The molecule has 34 heavy (non-hydrogen) atoms. The maximum absolute atomic E-state index is 13.4. The summed E-state index contributed by atoms with van der Waals surface area (Å²) in [5.41, 5.74) is 0.945. The summed E-state index contributed by atoms with van der Waals surface area (Å²) in [5, 5.41) is 20.5. The Morgan fingerprint density at radius 1 is 1.29 bits per heavy atom. The molecule has 0 spiro atoms. The van der Waals surface area contributed by atoms with Crippen LogP contribution in [-0.2, 0) is 4.79 Å². The number of carbonyl (C=O) groups is 1. The van der Waals surface area contributed by atoms with E-state index in [9.17, 15) is 14.7 Å². The fraction of sp³-hybridized carbons (Fsp3) is 0.250. The zero-order valence-electron chi connectivity index (χ0n) is 18.9. The molecule has 2 aromatic heterocycles. The summed E-state index contributed by atoms with van der Waals surface area (Å²) < 4.78 is 7.16. The van der Waals surface area contributed by atoms with Crippen molar-refractivity contribution in [2.24, 2.45) is 0 Å². The van der Waals surface area contributed by atoms with Gasteiger partial charge in [0.25, 0.3) is 11.5 Å². The van der Waals surface area contributed by atoms with Gasteiger partial charge >= 0.3 is 0 Å². The third-order valence-corrected chi connectivity index (χ3v) is 6.02. The van der Waals surface area contributed by atoms with Gasteiger partial charge in [0.2, 0.25) is 13.5 Å². The molecule has 1 fully saturated rings. The van der Waals surface area contributed by atoms with Crippen molar-refractivity contribution in [1.82, 2.24) is 25.1 Å². The molecule has 0 saturated heterocycles. The van der Waals surface area contributed by atoms with Gasteiger partial charge < -0.3 is 15.2 Å². The van der Waals surface area contributed by atoms with Crippen molar-refractivity contribution < 1.29 is 14.6 Å². The highest BCUT2D eigenvalue weighted by molar-refractivity contribution is 6.26. The first-order valence-electron chi connectivity index (χ1n) is 11.1. The first-order chi connectivity index (χ1) is 16.3. The third-order valence-electron chi connectivity index (χ3n) is 6.02. The van der Waals surface area contributed by atoms with Crippen LogP contribution in [0, 0.1) is 0 Å². The summed E-state index contributed by atoms with van der Waals surface area (Å²) in [7, 11) is 1.32. The lowest BCUT2D eigenvalue weighted by molar-refractivity contribution is -0.152. The number of aromatic amines is 1. The highest BCUT2D eigenvalue weighted by atomic mass is 16.6. The number of carbonyl (C=O) groups excluding carboxylic acids is 1. The molecule has 1 aliphatic carbocycles. The smallest absolute Gasteiger partial charge is 0.281 e. The molecule has 2 heterocycles. The molecular formula is C24H24BN5O4. The van der Waals surface area contributed by atoms with Crippen LogP contribution in [0.25, 0.3) is 22.0 Å². The van der Waals surface area contributed by atoms with E-state index >= 15 is 0 Å². The Morgan fingerprint density at radius 3 is 2.85 bits per heavy atom. The van der Waals surface area contributed by atoms with Gasteiger partial charge in [-0.1, -0.05) is 18.2 Å². The SMILES string of the molecule is BC(O)(Oc1cccc([C@@H](C)n2cnc3ccc(-c4cn[nH]c4)cc3c2=O)c1)C(=O)NC1CC1. The van der Waals surface area contributed by atoms with Crippen molar-refractivity contribution in [2.75, 3.05) is 0 Å². The second kappa shape index (κ2) is 8.46. The Bertz CT molecular complexity index is 1410. The molecule has 0 aliphatic heterocycles. The number of rotatable bonds is 7. The Morgan fingerprint density at radius 2 is 2.12 bits per heavy atom. The summed E-state index contributed by atoms with van der Waals surface area (Å²) in [6.45, 7) is 1.88. The van der Waals surface area contributed by atoms with E-state index in [2.05, 4.69) is 20.5 Å². The molecule has 10 heteroatoms. The van der Waals surface area contributed by atoms with Crippen molar-refractivity contribution in [1.29, 1.82) is 0 Å². The highest BCUT2D eigenvalue weighted by Crippen LogP contribution is 2.26. The molecule has 1 unspecified atom stereocenters. The minimum atomic E-state index is -2.00. The van der Waals surface area contributed by atoms with Crippen LogP contribution >= 0.6 is 0 Å². The number of aromatic nitrogens is 4. The molecule has 5 rings (SSSR count). The van der Waals surface area contributed by atoms with Crippen LogP contribution in [0.1, 0.15) is 31.4 Å². The molecule has 0 bridgehead atoms. The Balaban J connectivity index is 1.43. The van der Waals surface area contributed by atoms with E-state index in [0.717, 1.165) is 29.5 Å². The quantitative estimate of drug-likeness (QED) is 0.284. The number of hydrogen-bond donors (Lipinski definition) is 3. The van der Waals surface area contributed by atoms with Gasteiger partial charge in [0.1, 0.15) is 5.75 Å². The molecule has 3 N–H and O–H groups in total. The lowest BCUT2D eigenvalue weighted by Gasteiger charge is -2.25. The van der Waals surface area contributed by atoms with Gasteiger partial charge in [-0.05, 0) is 55.2 Å². The van der Waals surface area contributed by atoms with Gasteiger partial charge in [0, 0.05) is 17.8 Å². The van der Waals surface area contributed by atoms with Crippen molar-refractivity contribution in [3.63, 3.8) is 0 Å². The van der Waals surface area contributed by atoms with E-state index in [1.807, 2.05) is 31.2 Å². The van der Waals surface area contributed by atoms with E-state index in [1.165, 1.54) is 14.2 Å². The van der Waals surface area contributed by atoms with Crippen LogP contribution < -0.4 is 15.6 Å². The first-order valence-corrected chi connectivity index (χ1v) is 11.1. The molecule has 1 saturated carbocycles. The first kappa shape index (κ1) is 21.9. The second-order valence-electron chi connectivity index (χ2n) is 8.76. The zero-order valence-corrected chi connectivity index (χ0v) is 18.9. The van der Waals surface area contributed by atoms with Gasteiger partial charge in [-0.25, -0.2) is 4.98 Å². The van der Waals surface area contributed by atoms with Crippen molar-refractivity contribution in [2.45, 2.75) is 37.5 Å². The largest absolute Gasteiger partial charge is 0.462 e. The van der Waals surface area contributed by atoms with Crippen LogP contribution in [0.2, 0.25) is 0 Å². The standard InChI is InChI=1S/C24H24BN5O4/c1-14(15-3-2-4-19(9-15)34-24(25,33)23(32)29-18-6-7-18)30-13-26-21-8-5-16(10-20(21)22(30)31)17-11-27-28-12-17/h2-5,8-14,18,33H,6-7,25H2,1H3,(H,27,28)(H,29,32)/t14-,24?/m1/s1. The third kappa shape index (κ3) is 4.32. The molecule has 1 amide bonds. The number of H-pyrrole nitrogens is 1. The summed E-state index contributed by atoms with van der Waals surface area (Å²) in [6.07, 6.45) is 6.81. The van der Waals surface area contributed by atoms with Crippen LogP contribution in [-0.4, -0.2) is 50.3 Å². The number of fused-ring (bicyclic) bond motifs is 1. The predicted octanol–water partition coefficient (Wildman–Crippen LogP) is 1.33. The van der Waals surface area contributed by atoms with E-state index in [0.29, 0.717) is 16.7 Å². The number of nitrogens with one attached hydrogen (secondary N) is 2. The molecule has 2 aromatic carbocycles. The summed E-state index contributed by atoms with van der Waals surface area (Å²) >= 11 is 0. The van der Waals surface area contributed by atoms with Gasteiger partial charge in [0.05, 0.1) is 29.5 Å². The van der Waals surface area contributed by atoms with Crippen LogP contribution in [0.3, 0.4) is 0 Å². The second-order valence-corrected chi connectivity index (χ2v) is 8.76. The van der Waals surface area contributed by atoms with Crippen LogP contribution in [0.4, 0.5) is 0 Å². The molecule has 4 aromatic rings. The summed E-state index contributed by atoms with van der Waals surface area (Å²) in [6, 6.07) is 12.3. The molecule has 1 aliphatic rings. The molecule has 172 valence electrons. The number of nitrogens with zero attached hydrogens (tertiary/aromatic N) is 3. The number of benzene rings is 2. The van der Waals surface area contributed by atoms with Gasteiger partial charge in [-0.15, -0.1) is 0 Å². The lowest BCUT2D eigenvalue weighted by Crippen LogP contribution is -2.52. The van der Waals surface area contributed by atoms with Crippen molar-refractivity contribution in [3.8, 4) is 16.9 Å². The lowest BCUT2D eigenvalue weighted by atomic mass is 9.93. The number of hydrogen-bond acceptors (Lipinski definition) is 6. The average molecular weight is 457 g/mol. The molecule has 0 radical (unpaired) electrons. The van der Waals surface area contributed by atoms with Gasteiger partial charge in [-0.3, -0.25) is 19.3 Å². The maximum atomic E-state index is 13.4. The number of aliphatic hydroxyl groups is 1. The monoisotopic (exact) mass is 457 g/mol. The minimum absolute atomic E-state index is 0.107. The van der Waals surface area contributed by atoms with E-state index in [1.54, 1.807) is 35.2 Å². The number of ether oxygens (including phenoxy) is 1. The predicted molar refractivity (Wildman–Crippen MR) is 129 cm³/mol. The fourth-order valence-electron chi connectivity index (χ4n) is 3.82. The number of amides is 1. The summed E-state index contributed by atoms with van der Waals surface area (Å²) in [4.78, 5) is 30.1. The normalized spacial score (nSPS) is 16.1. The van der Waals surface area contributed by atoms with Gasteiger partial charge in [0.15, 0.2) is 0 Å². The minimum Gasteiger partial charge on any atom is -0.462 e. The Hall–Kier alpha value is -3.92. The van der Waals surface area contributed by atoms with Crippen LogP contribution in [0.15, 0.2) is 66.0 Å². The average Bonchev–Trinajstić information content (AvgIpc) is 3.47. The van der Waals surface area contributed by atoms with E-state index in [-0.39, 0.29) is 17.6 Å². The fourth-order valence-corrected chi connectivity index (χ4v) is 3.82. The van der Waals surface area contributed by atoms with Crippen molar-refractivity contribution in [3.05, 3.63) is 77.1 Å². The van der Waals surface area contributed by atoms with E-state index in [4.69, 9.17) is 4.74 Å². The van der Waals surface area contributed by atoms with Gasteiger partial charge in [-0.2, -0.15) is 5.10 Å². The molecule has 9 nitrogen and oxygen atoms in total. The Kier molecular flexibility index (Phi) is 5.45. The Labute approximate surface area is 196 Å². The van der Waals surface area contributed by atoms with Crippen molar-refractivity contribution >= 4 is 24.7 Å². The summed E-state index contributed by atoms with van der Waals surface area (Å²) in [5.74, 6) is -0.249. The molecular weight excluding hydrogens is 433 g/mol. The maximum Gasteiger partial charge on any atom is 0.281 e. The highest BCUT2D eigenvalue weighted by Gasteiger charge is 2.36. The van der Waals surface area contributed by atoms with E-state index < -0.39 is 11.6 Å². The zero-order chi connectivity index (χ0) is 23.9. The topological polar surface area (TPSA) is 122 Å².